The molecule has 0 unspecified atom stereocenters. The Hall–Kier alpha value is -0.780. The van der Waals surface area contributed by atoms with Crippen LogP contribution in [0.2, 0.25) is 0 Å². The molecule has 0 aliphatic carbocycles. The van der Waals surface area contributed by atoms with E-state index < -0.39 is 0 Å². The molecular weight excluding hydrogens is 192 g/mol. The van der Waals surface area contributed by atoms with Crippen molar-refractivity contribution in [2.45, 2.75) is 66.2 Å². The number of rotatable bonds is 2. The van der Waals surface area contributed by atoms with Gasteiger partial charge in [-0.25, -0.2) is 0 Å². The van der Waals surface area contributed by atoms with Crippen molar-refractivity contribution in [2.75, 3.05) is 0 Å². The average Bonchev–Trinajstić information content (AvgIpc) is 2.19. The van der Waals surface area contributed by atoms with E-state index in [1.54, 1.807) is 0 Å². The summed E-state index contributed by atoms with van der Waals surface area (Å²) < 4.78 is 0. The summed E-state index contributed by atoms with van der Waals surface area (Å²) in [7, 11) is 0. The van der Waals surface area contributed by atoms with E-state index in [-0.39, 0.29) is 5.41 Å². The summed E-state index contributed by atoms with van der Waals surface area (Å²) in [6, 6.07) is 8.56. The monoisotopic (exact) mass is 220 g/mol. The van der Waals surface area contributed by atoms with Crippen molar-refractivity contribution in [3.63, 3.8) is 0 Å². The van der Waals surface area contributed by atoms with Crippen molar-refractivity contribution < 1.29 is 0 Å². The Bertz CT molecular complexity index is 276. The van der Waals surface area contributed by atoms with Crippen LogP contribution in [0, 0.1) is 6.92 Å². The zero-order valence-electron chi connectivity index (χ0n) is 11.9. The summed E-state index contributed by atoms with van der Waals surface area (Å²) in [6.07, 6.45) is 4.08. The Kier molecular flexibility index (Phi) is 7.12. The van der Waals surface area contributed by atoms with Gasteiger partial charge in [0.1, 0.15) is 0 Å². The van der Waals surface area contributed by atoms with Crippen molar-refractivity contribution in [3.8, 4) is 0 Å². The molecule has 0 aromatic heterocycles. The summed E-state index contributed by atoms with van der Waals surface area (Å²) in [6.45, 7) is 13.3. The van der Waals surface area contributed by atoms with Crippen LogP contribution in [0.5, 0.6) is 0 Å². The first-order chi connectivity index (χ1) is 7.43. The first-order valence-corrected chi connectivity index (χ1v) is 6.49. The minimum absolute atomic E-state index is 0.283. The van der Waals surface area contributed by atoms with Crippen LogP contribution in [0.25, 0.3) is 0 Å². The fourth-order valence-electron chi connectivity index (χ4n) is 1.77. The van der Waals surface area contributed by atoms with Crippen LogP contribution in [0.1, 0.15) is 65.0 Å². The van der Waals surface area contributed by atoms with E-state index in [2.05, 4.69) is 65.8 Å². The Morgan fingerprint density at radius 3 is 1.69 bits per heavy atom. The number of hydrogen-bond acceptors (Lipinski definition) is 0. The highest BCUT2D eigenvalue weighted by Gasteiger charge is 2.14. The summed E-state index contributed by atoms with van der Waals surface area (Å²) in [4.78, 5) is 0. The molecule has 1 rings (SSSR count). The summed E-state index contributed by atoms with van der Waals surface area (Å²) in [5, 5.41) is 0. The standard InChI is InChI=1S/C11H16.C5H12/c1-9-7-5-6-8-10(9)11(2,3)4;1-3-5-4-2/h5-8H,1-4H3;3-5H2,1-2H3. The maximum absolute atomic E-state index is 2.25. The van der Waals surface area contributed by atoms with Crippen molar-refractivity contribution in [2.24, 2.45) is 0 Å². The van der Waals surface area contributed by atoms with E-state index in [9.17, 15) is 0 Å². The first kappa shape index (κ1) is 15.2. The van der Waals surface area contributed by atoms with E-state index in [0.29, 0.717) is 0 Å². The lowest BCUT2D eigenvalue weighted by atomic mass is 9.84. The fourth-order valence-corrected chi connectivity index (χ4v) is 1.77. The highest BCUT2D eigenvalue weighted by Crippen LogP contribution is 2.24. The molecule has 0 heterocycles. The molecule has 1 aromatic carbocycles. The molecule has 0 aliphatic rings. The van der Waals surface area contributed by atoms with Crippen LogP contribution in [0.4, 0.5) is 0 Å². The largest absolute Gasteiger partial charge is 0.0654 e. The molecule has 92 valence electrons. The predicted octanol–water partition coefficient (Wildman–Crippen LogP) is 5.49. The predicted molar refractivity (Wildman–Crippen MR) is 75.1 cm³/mol. The molecular formula is C16H28. The average molecular weight is 220 g/mol. The maximum Gasteiger partial charge on any atom is -0.0129 e. The Balaban J connectivity index is 0.000000385. The van der Waals surface area contributed by atoms with Crippen LogP contribution in [0.3, 0.4) is 0 Å². The maximum atomic E-state index is 2.25. The van der Waals surface area contributed by atoms with E-state index >= 15 is 0 Å². The molecule has 0 bridgehead atoms. The smallest absolute Gasteiger partial charge is 0.0129 e. The molecule has 0 heteroatoms. The fraction of sp³-hybridized carbons (Fsp3) is 0.625. The lowest BCUT2D eigenvalue weighted by Gasteiger charge is -2.21. The van der Waals surface area contributed by atoms with E-state index in [1.807, 2.05) is 0 Å². The second kappa shape index (κ2) is 7.49. The van der Waals surface area contributed by atoms with Gasteiger partial charge in [-0.1, -0.05) is 78.1 Å². The van der Waals surface area contributed by atoms with Gasteiger partial charge in [0.2, 0.25) is 0 Å². The second-order valence-corrected chi connectivity index (χ2v) is 5.42. The zero-order chi connectivity index (χ0) is 12.6. The number of benzene rings is 1. The van der Waals surface area contributed by atoms with Gasteiger partial charge in [0.25, 0.3) is 0 Å². The number of unbranched alkanes of at least 4 members (excludes halogenated alkanes) is 2. The van der Waals surface area contributed by atoms with Gasteiger partial charge in [0.05, 0.1) is 0 Å². The first-order valence-electron chi connectivity index (χ1n) is 6.49. The summed E-state index contributed by atoms with van der Waals surface area (Å²) >= 11 is 0. The third-order valence-corrected chi connectivity index (χ3v) is 2.66. The second-order valence-electron chi connectivity index (χ2n) is 5.42. The zero-order valence-corrected chi connectivity index (χ0v) is 11.9. The topological polar surface area (TPSA) is 0 Å². The summed E-state index contributed by atoms with van der Waals surface area (Å²) in [5.74, 6) is 0. The molecule has 1 aromatic rings. The molecule has 0 aliphatic heterocycles. The van der Waals surface area contributed by atoms with Crippen LogP contribution in [-0.4, -0.2) is 0 Å². The lowest BCUT2D eigenvalue weighted by Crippen LogP contribution is -2.12. The van der Waals surface area contributed by atoms with Crippen LogP contribution >= 0.6 is 0 Å². The third kappa shape index (κ3) is 5.95. The van der Waals surface area contributed by atoms with Gasteiger partial charge < -0.3 is 0 Å². The molecule has 0 radical (unpaired) electrons. The molecule has 0 saturated carbocycles. The molecule has 16 heavy (non-hydrogen) atoms. The van der Waals surface area contributed by atoms with Gasteiger partial charge in [0.15, 0.2) is 0 Å². The lowest BCUT2D eigenvalue weighted by molar-refractivity contribution is 0.586. The molecule has 0 N–H and O–H groups in total. The summed E-state index contributed by atoms with van der Waals surface area (Å²) in [5.41, 5.74) is 3.12. The highest BCUT2D eigenvalue weighted by molar-refractivity contribution is 5.31. The molecule has 0 spiro atoms. The van der Waals surface area contributed by atoms with Gasteiger partial charge >= 0.3 is 0 Å². The van der Waals surface area contributed by atoms with Crippen molar-refractivity contribution >= 4 is 0 Å². The van der Waals surface area contributed by atoms with Gasteiger partial charge in [-0.3, -0.25) is 0 Å². The normalized spacial score (nSPS) is 10.6. The Morgan fingerprint density at radius 2 is 1.44 bits per heavy atom. The van der Waals surface area contributed by atoms with E-state index in [0.717, 1.165) is 0 Å². The van der Waals surface area contributed by atoms with Crippen LogP contribution < -0.4 is 0 Å². The molecule has 0 nitrogen and oxygen atoms in total. The number of hydrogen-bond donors (Lipinski definition) is 0. The van der Waals surface area contributed by atoms with Gasteiger partial charge in [-0.2, -0.15) is 0 Å². The quantitative estimate of drug-likeness (QED) is 0.618. The van der Waals surface area contributed by atoms with Crippen LogP contribution in [-0.2, 0) is 5.41 Å². The molecule has 0 atom stereocenters. The Labute approximate surface area is 102 Å². The van der Waals surface area contributed by atoms with Gasteiger partial charge in [-0.15, -0.1) is 0 Å². The molecule has 0 fully saturated rings. The minimum Gasteiger partial charge on any atom is -0.0654 e. The highest BCUT2D eigenvalue weighted by atomic mass is 14.2. The van der Waals surface area contributed by atoms with Crippen molar-refractivity contribution in [1.29, 1.82) is 0 Å². The van der Waals surface area contributed by atoms with Gasteiger partial charge in [0, 0.05) is 0 Å². The van der Waals surface area contributed by atoms with E-state index in [4.69, 9.17) is 0 Å². The van der Waals surface area contributed by atoms with Crippen molar-refractivity contribution in [1.82, 2.24) is 0 Å². The third-order valence-electron chi connectivity index (χ3n) is 2.66. The molecule has 0 amide bonds. The SMILES string of the molecule is CCCCC.Cc1ccccc1C(C)(C)C. The van der Waals surface area contributed by atoms with Gasteiger partial charge in [-0.05, 0) is 23.5 Å². The minimum atomic E-state index is 0.283. The van der Waals surface area contributed by atoms with E-state index in [1.165, 1.54) is 30.4 Å². The van der Waals surface area contributed by atoms with Crippen LogP contribution in [0.15, 0.2) is 24.3 Å². The van der Waals surface area contributed by atoms with Crippen molar-refractivity contribution in [3.05, 3.63) is 35.4 Å². The number of aryl methyl sites for hydroxylation is 1. The molecule has 0 saturated heterocycles. The Morgan fingerprint density at radius 1 is 0.938 bits per heavy atom.